The Morgan fingerprint density at radius 1 is 0.914 bits per heavy atom. The standard InChI is InChI=1S/C30H31NO4/c1-4-5-9-18-35-25-16-13-23(14-17-25)28(32)26-27(22-10-7-6-8-11-22)31(30(34)29(26)33)24-15-12-20(2)21(3)19-24/h6-8,10-17,19,27,32H,4-5,9,18H2,1-3H3/b28-26+. The number of carbonyl (C=O) groups excluding carboxylic acids is 2. The third-order valence-electron chi connectivity index (χ3n) is 6.47. The number of Topliss-reactive ketones (excluding diaryl/α,β-unsaturated/α-hetero) is 1. The zero-order valence-corrected chi connectivity index (χ0v) is 20.5. The van der Waals surface area contributed by atoms with Crippen LogP contribution in [0, 0.1) is 13.8 Å². The first-order valence-electron chi connectivity index (χ1n) is 12.1. The molecule has 1 saturated heterocycles. The second-order valence-electron chi connectivity index (χ2n) is 8.93. The fraction of sp³-hybridized carbons (Fsp3) is 0.267. The summed E-state index contributed by atoms with van der Waals surface area (Å²) in [7, 11) is 0. The quantitative estimate of drug-likeness (QED) is 0.177. The van der Waals surface area contributed by atoms with E-state index in [1.54, 1.807) is 24.3 Å². The number of benzene rings is 3. The van der Waals surface area contributed by atoms with E-state index in [0.717, 1.165) is 36.0 Å². The summed E-state index contributed by atoms with van der Waals surface area (Å²) in [6, 6.07) is 21.3. The van der Waals surface area contributed by atoms with Crippen molar-refractivity contribution in [3.63, 3.8) is 0 Å². The number of hydrogen-bond donors (Lipinski definition) is 1. The molecule has 0 bridgehead atoms. The number of nitrogens with zero attached hydrogens (tertiary/aromatic N) is 1. The molecular formula is C30H31NO4. The minimum Gasteiger partial charge on any atom is -0.507 e. The number of rotatable bonds is 8. The number of amides is 1. The summed E-state index contributed by atoms with van der Waals surface area (Å²) >= 11 is 0. The SMILES string of the molecule is CCCCCOc1ccc(/C(O)=C2\C(=O)C(=O)N(c3ccc(C)c(C)c3)C2c2ccccc2)cc1. The van der Waals surface area contributed by atoms with Crippen molar-refractivity contribution in [2.24, 2.45) is 0 Å². The molecule has 5 heteroatoms. The van der Waals surface area contributed by atoms with Crippen molar-refractivity contribution >= 4 is 23.1 Å². The van der Waals surface area contributed by atoms with Crippen LogP contribution in [-0.2, 0) is 9.59 Å². The molecule has 1 amide bonds. The largest absolute Gasteiger partial charge is 0.507 e. The third-order valence-corrected chi connectivity index (χ3v) is 6.47. The number of unbranched alkanes of at least 4 members (excludes halogenated alkanes) is 2. The lowest BCUT2D eigenvalue weighted by atomic mass is 9.95. The fourth-order valence-electron chi connectivity index (χ4n) is 4.33. The Morgan fingerprint density at radius 2 is 1.63 bits per heavy atom. The van der Waals surface area contributed by atoms with Crippen LogP contribution in [0.1, 0.15) is 54.5 Å². The molecule has 180 valence electrons. The van der Waals surface area contributed by atoms with Gasteiger partial charge in [-0.1, -0.05) is 56.2 Å². The predicted octanol–water partition coefficient (Wildman–Crippen LogP) is 6.50. The van der Waals surface area contributed by atoms with E-state index in [1.807, 2.05) is 62.4 Å². The van der Waals surface area contributed by atoms with Crippen molar-refractivity contribution in [1.82, 2.24) is 0 Å². The monoisotopic (exact) mass is 469 g/mol. The van der Waals surface area contributed by atoms with Crippen molar-refractivity contribution in [2.45, 2.75) is 46.1 Å². The maximum atomic E-state index is 13.3. The van der Waals surface area contributed by atoms with Gasteiger partial charge >= 0.3 is 0 Å². The van der Waals surface area contributed by atoms with Crippen molar-refractivity contribution in [1.29, 1.82) is 0 Å². The molecule has 0 radical (unpaired) electrons. The highest BCUT2D eigenvalue weighted by Crippen LogP contribution is 2.42. The summed E-state index contributed by atoms with van der Waals surface area (Å²) in [5.41, 5.74) is 4.03. The molecular weight excluding hydrogens is 438 g/mol. The fourth-order valence-corrected chi connectivity index (χ4v) is 4.33. The van der Waals surface area contributed by atoms with Crippen LogP contribution in [0.4, 0.5) is 5.69 Å². The summed E-state index contributed by atoms with van der Waals surface area (Å²) in [4.78, 5) is 28.0. The number of anilines is 1. The second kappa shape index (κ2) is 10.6. The first kappa shape index (κ1) is 24.3. The van der Waals surface area contributed by atoms with Gasteiger partial charge in [0.1, 0.15) is 11.5 Å². The van der Waals surface area contributed by atoms with Gasteiger partial charge in [0.25, 0.3) is 11.7 Å². The zero-order valence-electron chi connectivity index (χ0n) is 20.5. The van der Waals surface area contributed by atoms with Gasteiger partial charge in [-0.05, 0) is 73.4 Å². The number of hydrogen-bond acceptors (Lipinski definition) is 4. The van der Waals surface area contributed by atoms with E-state index in [9.17, 15) is 14.7 Å². The van der Waals surface area contributed by atoms with Crippen LogP contribution in [0.15, 0.2) is 78.4 Å². The molecule has 0 aliphatic carbocycles. The Morgan fingerprint density at radius 3 is 2.29 bits per heavy atom. The Balaban J connectivity index is 1.75. The number of aliphatic hydroxyl groups excluding tert-OH is 1. The lowest BCUT2D eigenvalue weighted by Crippen LogP contribution is -2.29. The molecule has 35 heavy (non-hydrogen) atoms. The molecule has 0 spiro atoms. The van der Waals surface area contributed by atoms with Gasteiger partial charge in [-0.15, -0.1) is 0 Å². The molecule has 5 nitrogen and oxygen atoms in total. The molecule has 1 heterocycles. The highest BCUT2D eigenvalue weighted by molar-refractivity contribution is 6.51. The number of ketones is 1. The summed E-state index contributed by atoms with van der Waals surface area (Å²) in [5.74, 6) is -0.845. The van der Waals surface area contributed by atoms with Crippen LogP contribution in [-0.4, -0.2) is 23.4 Å². The van der Waals surface area contributed by atoms with Crippen LogP contribution >= 0.6 is 0 Å². The van der Waals surface area contributed by atoms with E-state index in [1.165, 1.54) is 4.90 Å². The predicted molar refractivity (Wildman–Crippen MR) is 139 cm³/mol. The molecule has 0 saturated carbocycles. The van der Waals surface area contributed by atoms with E-state index in [2.05, 4.69) is 6.92 Å². The van der Waals surface area contributed by atoms with Gasteiger partial charge < -0.3 is 9.84 Å². The van der Waals surface area contributed by atoms with E-state index < -0.39 is 17.7 Å². The van der Waals surface area contributed by atoms with Gasteiger partial charge in [0.15, 0.2) is 0 Å². The first-order valence-corrected chi connectivity index (χ1v) is 12.1. The molecule has 1 aliphatic rings. The minimum absolute atomic E-state index is 0.0797. The van der Waals surface area contributed by atoms with Crippen molar-refractivity contribution in [2.75, 3.05) is 11.5 Å². The molecule has 4 rings (SSSR count). The normalized spacial score (nSPS) is 17.1. The van der Waals surface area contributed by atoms with Gasteiger partial charge in [0.2, 0.25) is 0 Å². The van der Waals surface area contributed by atoms with Gasteiger partial charge in [-0.3, -0.25) is 14.5 Å². The average Bonchev–Trinajstić information content (AvgIpc) is 3.14. The minimum atomic E-state index is -0.733. The van der Waals surface area contributed by atoms with Crippen LogP contribution in [0.2, 0.25) is 0 Å². The van der Waals surface area contributed by atoms with Crippen LogP contribution in [0.5, 0.6) is 5.75 Å². The molecule has 3 aromatic rings. The molecule has 1 aliphatic heterocycles. The van der Waals surface area contributed by atoms with Crippen molar-refractivity contribution < 1.29 is 19.4 Å². The lowest BCUT2D eigenvalue weighted by Gasteiger charge is -2.26. The van der Waals surface area contributed by atoms with E-state index in [-0.39, 0.29) is 11.3 Å². The maximum Gasteiger partial charge on any atom is 0.300 e. The first-order chi connectivity index (χ1) is 16.9. The number of aryl methyl sites for hydroxylation is 2. The summed E-state index contributed by atoms with van der Waals surface area (Å²) in [5, 5.41) is 11.3. The summed E-state index contributed by atoms with van der Waals surface area (Å²) in [6.45, 7) is 6.75. The Kier molecular flexibility index (Phi) is 7.35. The van der Waals surface area contributed by atoms with Crippen molar-refractivity contribution in [3.05, 3.63) is 101 Å². The lowest BCUT2D eigenvalue weighted by molar-refractivity contribution is -0.132. The van der Waals surface area contributed by atoms with Crippen LogP contribution in [0.3, 0.4) is 0 Å². The second-order valence-corrected chi connectivity index (χ2v) is 8.93. The Hall–Kier alpha value is -3.86. The molecule has 1 atom stereocenters. The smallest absolute Gasteiger partial charge is 0.300 e. The van der Waals surface area contributed by atoms with Crippen LogP contribution in [0.25, 0.3) is 5.76 Å². The van der Waals surface area contributed by atoms with Gasteiger partial charge in [0.05, 0.1) is 18.2 Å². The van der Waals surface area contributed by atoms with Gasteiger partial charge in [-0.25, -0.2) is 0 Å². The Bertz CT molecular complexity index is 1250. The molecule has 1 N–H and O–H groups in total. The molecule has 3 aromatic carbocycles. The van der Waals surface area contributed by atoms with Gasteiger partial charge in [0, 0.05) is 11.3 Å². The van der Waals surface area contributed by atoms with Crippen molar-refractivity contribution in [3.8, 4) is 5.75 Å². The highest BCUT2D eigenvalue weighted by atomic mass is 16.5. The Labute approximate surface area is 206 Å². The number of carbonyl (C=O) groups is 2. The molecule has 0 aromatic heterocycles. The average molecular weight is 470 g/mol. The topological polar surface area (TPSA) is 66.8 Å². The number of aliphatic hydroxyl groups is 1. The summed E-state index contributed by atoms with van der Waals surface area (Å²) in [6.07, 6.45) is 3.22. The van der Waals surface area contributed by atoms with E-state index >= 15 is 0 Å². The summed E-state index contributed by atoms with van der Waals surface area (Å²) < 4.78 is 5.77. The number of ether oxygens (including phenoxy) is 1. The molecule has 1 fully saturated rings. The van der Waals surface area contributed by atoms with Crippen LogP contribution < -0.4 is 9.64 Å². The zero-order chi connectivity index (χ0) is 24.9. The third kappa shape index (κ3) is 4.99. The maximum absolute atomic E-state index is 13.3. The molecule has 1 unspecified atom stereocenters. The van der Waals surface area contributed by atoms with E-state index in [0.29, 0.717) is 23.6 Å². The van der Waals surface area contributed by atoms with Gasteiger partial charge in [-0.2, -0.15) is 0 Å². The van der Waals surface area contributed by atoms with E-state index in [4.69, 9.17) is 4.74 Å². The highest BCUT2D eigenvalue weighted by Gasteiger charge is 2.46.